The molecule has 0 aliphatic rings. The highest BCUT2D eigenvalue weighted by Crippen LogP contribution is 2.38. The maximum absolute atomic E-state index is 10.9. The molecule has 4 rings (SSSR count). The molecular formula is C29H26N2O4S. The summed E-state index contributed by atoms with van der Waals surface area (Å²) < 4.78 is 2.27. The first-order valence-corrected chi connectivity index (χ1v) is 12.5. The highest BCUT2D eigenvalue weighted by atomic mass is 32.1. The van der Waals surface area contributed by atoms with Crippen LogP contribution in [0.3, 0.4) is 0 Å². The van der Waals surface area contributed by atoms with E-state index in [2.05, 4.69) is 17.6 Å². The summed E-state index contributed by atoms with van der Waals surface area (Å²) in [5.74, 6) is -1.06. The van der Waals surface area contributed by atoms with Crippen molar-refractivity contribution in [3.8, 4) is 33.2 Å². The molecule has 2 heterocycles. The van der Waals surface area contributed by atoms with Crippen LogP contribution in [0.2, 0.25) is 0 Å². The van der Waals surface area contributed by atoms with Crippen LogP contribution in [0, 0.1) is 0 Å². The Hall–Kier alpha value is -4.23. The quantitative estimate of drug-likeness (QED) is 0.231. The van der Waals surface area contributed by atoms with Crippen molar-refractivity contribution in [1.82, 2.24) is 9.55 Å². The lowest BCUT2D eigenvalue weighted by molar-refractivity contribution is -0.132. The van der Waals surface area contributed by atoms with Gasteiger partial charge in [0.25, 0.3) is 0 Å². The van der Waals surface area contributed by atoms with E-state index in [9.17, 15) is 9.59 Å². The number of rotatable bonds is 10. The molecule has 0 bridgehead atoms. The van der Waals surface area contributed by atoms with E-state index in [-0.39, 0.29) is 0 Å². The van der Waals surface area contributed by atoms with Crippen molar-refractivity contribution in [3.05, 3.63) is 89.3 Å². The molecule has 2 aromatic heterocycles. The lowest BCUT2D eigenvalue weighted by atomic mass is 10.0. The third-order valence-corrected chi connectivity index (χ3v) is 6.52. The molecule has 0 fully saturated rings. The molecule has 0 spiro atoms. The molecule has 182 valence electrons. The topological polar surface area (TPSA) is 92.4 Å². The van der Waals surface area contributed by atoms with Crippen molar-refractivity contribution in [2.45, 2.75) is 26.3 Å². The number of nitrogens with zero attached hydrogens (tertiary/aromatic N) is 2. The summed E-state index contributed by atoms with van der Waals surface area (Å²) in [5.41, 5.74) is 5.35. The predicted molar refractivity (Wildman–Crippen MR) is 145 cm³/mol. The monoisotopic (exact) mass is 498 g/mol. The number of thiophene rings is 1. The number of carboxylic acid groups (broad SMARTS) is 2. The Morgan fingerprint density at radius 3 is 1.97 bits per heavy atom. The minimum absolute atomic E-state index is 0.793. The molecule has 0 saturated heterocycles. The summed E-state index contributed by atoms with van der Waals surface area (Å²) in [7, 11) is 0. The van der Waals surface area contributed by atoms with E-state index in [4.69, 9.17) is 15.2 Å². The number of carbonyl (C=O) groups is 2. The van der Waals surface area contributed by atoms with Crippen LogP contribution >= 0.6 is 11.3 Å². The van der Waals surface area contributed by atoms with Crippen LogP contribution in [-0.4, -0.2) is 31.7 Å². The first-order valence-electron chi connectivity index (χ1n) is 11.6. The van der Waals surface area contributed by atoms with Crippen LogP contribution < -0.4 is 0 Å². The summed E-state index contributed by atoms with van der Waals surface area (Å²) in [6.07, 6.45) is 7.42. The maximum Gasteiger partial charge on any atom is 0.328 e. The summed E-state index contributed by atoms with van der Waals surface area (Å²) in [4.78, 5) is 27.9. The van der Waals surface area contributed by atoms with Crippen LogP contribution in [0.25, 0.3) is 45.4 Å². The number of imidazole rings is 1. The van der Waals surface area contributed by atoms with Gasteiger partial charge in [-0.15, -0.1) is 11.3 Å². The third-order valence-electron chi connectivity index (χ3n) is 5.65. The largest absolute Gasteiger partial charge is 0.478 e. The molecule has 7 heteroatoms. The number of hydrogen-bond acceptors (Lipinski definition) is 4. The lowest BCUT2D eigenvalue weighted by Crippen LogP contribution is -2.02. The molecule has 4 aromatic rings. The third kappa shape index (κ3) is 5.87. The molecule has 2 N–H and O–H groups in total. The number of benzene rings is 2. The van der Waals surface area contributed by atoms with Gasteiger partial charge in [0.15, 0.2) is 5.82 Å². The average molecular weight is 499 g/mol. The van der Waals surface area contributed by atoms with Crippen LogP contribution in [0.5, 0.6) is 0 Å². The van der Waals surface area contributed by atoms with Crippen molar-refractivity contribution in [2.75, 3.05) is 0 Å². The van der Waals surface area contributed by atoms with E-state index in [1.165, 1.54) is 0 Å². The van der Waals surface area contributed by atoms with Gasteiger partial charge >= 0.3 is 11.9 Å². The van der Waals surface area contributed by atoms with Crippen LogP contribution in [0.1, 0.15) is 30.9 Å². The van der Waals surface area contributed by atoms with E-state index < -0.39 is 11.9 Å². The SMILES string of the molecule is CCCCn1c(-c2cccs2)nc(-c2ccc(/C=C/C(=O)O)cc2)c1-c1ccc(/C=C/C(=O)O)cc1. The smallest absolute Gasteiger partial charge is 0.328 e. The Bertz CT molecular complexity index is 1400. The summed E-state index contributed by atoms with van der Waals surface area (Å²) in [6.45, 7) is 2.97. The number of unbranched alkanes of at least 4 members (excludes halogenated alkanes) is 1. The Labute approximate surface area is 213 Å². The van der Waals surface area contributed by atoms with Crippen molar-refractivity contribution >= 4 is 35.4 Å². The Balaban J connectivity index is 1.85. The second-order valence-electron chi connectivity index (χ2n) is 8.20. The van der Waals surface area contributed by atoms with Crippen LogP contribution in [0.15, 0.2) is 78.2 Å². The van der Waals surface area contributed by atoms with Gasteiger partial charge in [-0.25, -0.2) is 14.6 Å². The van der Waals surface area contributed by atoms with Gasteiger partial charge < -0.3 is 14.8 Å². The first-order chi connectivity index (χ1) is 17.5. The number of aromatic nitrogens is 2. The predicted octanol–water partition coefficient (Wildman–Crippen LogP) is 6.94. The molecule has 0 amide bonds. The molecule has 0 atom stereocenters. The van der Waals surface area contributed by atoms with Gasteiger partial charge in [0.05, 0.1) is 16.3 Å². The van der Waals surface area contributed by atoms with E-state index >= 15 is 0 Å². The second kappa shape index (κ2) is 11.5. The van der Waals surface area contributed by atoms with Crippen molar-refractivity contribution in [3.63, 3.8) is 0 Å². The molecule has 0 unspecified atom stereocenters. The first kappa shape index (κ1) is 24.9. The zero-order valence-corrected chi connectivity index (χ0v) is 20.6. The van der Waals surface area contributed by atoms with Gasteiger partial charge in [-0.05, 0) is 41.1 Å². The standard InChI is InChI=1S/C29H26N2O4S/c1-2-3-18-31-28(23-14-8-21(9-15-23)11-17-26(34)35)27(30-29(31)24-5-4-19-36-24)22-12-6-20(7-13-22)10-16-25(32)33/h4-17,19H,2-3,18H2,1H3,(H,32,33)(H,34,35)/b16-10+,17-11+. The zero-order valence-electron chi connectivity index (χ0n) is 19.8. The number of hydrogen-bond donors (Lipinski definition) is 2. The fourth-order valence-corrected chi connectivity index (χ4v) is 4.64. The number of carboxylic acids is 2. The summed E-state index contributed by atoms with van der Waals surface area (Å²) in [5, 5.41) is 19.9. The molecule has 6 nitrogen and oxygen atoms in total. The van der Waals surface area contributed by atoms with Gasteiger partial charge in [-0.1, -0.05) is 67.9 Å². The van der Waals surface area contributed by atoms with Crippen LogP contribution in [-0.2, 0) is 16.1 Å². The summed E-state index contributed by atoms with van der Waals surface area (Å²) in [6, 6.07) is 19.6. The van der Waals surface area contributed by atoms with Crippen molar-refractivity contribution in [1.29, 1.82) is 0 Å². The van der Waals surface area contributed by atoms with Crippen molar-refractivity contribution in [2.24, 2.45) is 0 Å². The molecular weight excluding hydrogens is 472 g/mol. The van der Waals surface area contributed by atoms with Crippen LogP contribution in [0.4, 0.5) is 0 Å². The number of aliphatic carboxylic acids is 2. The highest BCUT2D eigenvalue weighted by Gasteiger charge is 2.21. The molecule has 2 aromatic carbocycles. The van der Waals surface area contributed by atoms with Crippen molar-refractivity contribution < 1.29 is 19.8 Å². The van der Waals surface area contributed by atoms with Gasteiger partial charge in [0, 0.05) is 29.8 Å². The molecule has 36 heavy (non-hydrogen) atoms. The molecule has 0 aliphatic heterocycles. The molecule has 0 saturated carbocycles. The molecule has 0 radical (unpaired) electrons. The maximum atomic E-state index is 10.9. The van der Waals surface area contributed by atoms with E-state index in [1.807, 2.05) is 60.0 Å². The average Bonchev–Trinajstić information content (AvgIpc) is 3.54. The fraction of sp³-hybridized carbons (Fsp3) is 0.138. The van der Waals surface area contributed by atoms with E-state index in [0.717, 1.165) is 75.9 Å². The highest BCUT2D eigenvalue weighted by molar-refractivity contribution is 7.13. The zero-order chi connectivity index (χ0) is 25.5. The Kier molecular flexibility index (Phi) is 7.92. The van der Waals surface area contributed by atoms with Gasteiger partial charge in [0.2, 0.25) is 0 Å². The normalized spacial score (nSPS) is 11.5. The van der Waals surface area contributed by atoms with E-state index in [1.54, 1.807) is 23.5 Å². The fourth-order valence-electron chi connectivity index (χ4n) is 3.91. The second-order valence-corrected chi connectivity index (χ2v) is 9.15. The molecule has 0 aliphatic carbocycles. The summed E-state index contributed by atoms with van der Waals surface area (Å²) >= 11 is 1.65. The van der Waals surface area contributed by atoms with Gasteiger partial charge in [-0.2, -0.15) is 0 Å². The Morgan fingerprint density at radius 1 is 0.889 bits per heavy atom. The minimum Gasteiger partial charge on any atom is -0.478 e. The van der Waals surface area contributed by atoms with Gasteiger partial charge in [-0.3, -0.25) is 0 Å². The van der Waals surface area contributed by atoms with E-state index in [0.29, 0.717) is 0 Å². The Morgan fingerprint density at radius 2 is 1.47 bits per heavy atom. The minimum atomic E-state index is -0.988. The van der Waals surface area contributed by atoms with Gasteiger partial charge in [0.1, 0.15) is 0 Å². The lowest BCUT2D eigenvalue weighted by Gasteiger charge is -2.13.